The predicted octanol–water partition coefficient (Wildman–Crippen LogP) is 6.23. The number of carboxylic acid groups (broad SMARTS) is 1. The number of fused-ring (bicyclic) bond motifs is 5. The molecule has 2 aromatic rings. The molecule has 4 fully saturated rings. The molecule has 4 saturated carbocycles. The maximum Gasteiger partial charge on any atom is 0.232 e. The van der Waals surface area contributed by atoms with Gasteiger partial charge < -0.3 is 35.4 Å². The lowest BCUT2D eigenvalue weighted by Crippen LogP contribution is -2.62. The highest BCUT2D eigenvalue weighted by molar-refractivity contribution is 5.90. The molecular formula is C47H72N2O6. The number of nitrogens with two attached hydrogens (primary N) is 1. The molecule has 0 radical (unpaired) electrons. The Kier molecular flexibility index (Phi) is 13.4. The Hall–Kier alpha value is -2.78. The largest absolute Gasteiger partial charge is 0.550 e. The number of carbonyl (C=O) groups is 2. The fourth-order valence-electron chi connectivity index (χ4n) is 12.5. The predicted molar refractivity (Wildman–Crippen MR) is 216 cm³/mol. The van der Waals surface area contributed by atoms with Gasteiger partial charge in [-0.3, -0.25) is 4.79 Å². The number of carboxylic acids is 1. The summed E-state index contributed by atoms with van der Waals surface area (Å²) in [6.07, 6.45) is 6.40. The van der Waals surface area contributed by atoms with Crippen LogP contribution in [0.5, 0.6) is 0 Å². The molecule has 5 N–H and O–H groups in total. The zero-order chi connectivity index (χ0) is 40.5. The molecular weight excluding hydrogens is 689 g/mol. The molecule has 0 aliphatic heterocycles. The minimum absolute atomic E-state index is 0.0747. The quantitative estimate of drug-likeness (QED) is 0.189. The molecule has 55 heavy (non-hydrogen) atoms. The van der Waals surface area contributed by atoms with Crippen LogP contribution in [0.25, 0.3) is 0 Å². The van der Waals surface area contributed by atoms with Crippen molar-refractivity contribution in [3.63, 3.8) is 0 Å². The van der Waals surface area contributed by atoms with E-state index in [0.29, 0.717) is 36.8 Å². The number of aliphatic hydroxyl groups is 3. The highest BCUT2D eigenvalue weighted by atomic mass is 16.4. The van der Waals surface area contributed by atoms with Crippen LogP contribution < -0.4 is 10.8 Å². The van der Waals surface area contributed by atoms with Crippen molar-refractivity contribution >= 4 is 11.9 Å². The number of quaternary nitrogens is 1. The lowest BCUT2D eigenvalue weighted by atomic mass is 9.43. The molecule has 1 amide bonds. The fourth-order valence-corrected chi connectivity index (χ4v) is 12.5. The Balaban J connectivity index is 0.000000213. The lowest BCUT2D eigenvalue weighted by Gasteiger charge is -2.63. The topological polar surface area (TPSA) is 144 Å². The van der Waals surface area contributed by atoms with Crippen LogP contribution in [0, 0.1) is 46.3 Å². The van der Waals surface area contributed by atoms with Crippen molar-refractivity contribution in [2.75, 3.05) is 13.6 Å². The highest BCUT2D eigenvalue weighted by Crippen LogP contribution is 2.68. The Labute approximate surface area is 331 Å². The van der Waals surface area contributed by atoms with E-state index in [1.807, 2.05) is 60.7 Å². The summed E-state index contributed by atoms with van der Waals surface area (Å²) in [6.45, 7) is 16.5. The standard InChI is InChI=1S/C24H40O5.C23H32N2O/c1-13(4-7-21(28)29)16-5-6-17-22-18(12-20(27)24(16,17)3)23(2)9-8-15(25)10-14(23)11-19(22)26;1-18(2)25(5,19(3)4)17-16-23(22(24)26,20-12-8-6-9-13-20)21-14-10-7-11-15-21/h13-20,22,25-27H,4-12H2,1-3H3,(H,28,29);6-15,18-19H,16-17H2,1-5H3,(H-,24,26). The summed E-state index contributed by atoms with van der Waals surface area (Å²) < 4.78 is 0.898. The van der Waals surface area contributed by atoms with Crippen LogP contribution in [0.15, 0.2) is 60.7 Å². The van der Waals surface area contributed by atoms with Gasteiger partial charge in [0.2, 0.25) is 5.91 Å². The van der Waals surface area contributed by atoms with Gasteiger partial charge in [0.1, 0.15) is 5.41 Å². The van der Waals surface area contributed by atoms with Gasteiger partial charge in [0.15, 0.2) is 0 Å². The van der Waals surface area contributed by atoms with Crippen LogP contribution in [-0.4, -0.2) is 75.7 Å². The summed E-state index contributed by atoms with van der Waals surface area (Å²) in [5.41, 5.74) is 7.03. The normalized spacial score (nSPS) is 33.8. The van der Waals surface area contributed by atoms with E-state index in [2.05, 4.69) is 55.5 Å². The number of amides is 1. The molecule has 11 atom stereocenters. The summed E-state index contributed by atoms with van der Waals surface area (Å²) in [7, 11) is 2.27. The molecule has 306 valence electrons. The van der Waals surface area contributed by atoms with Crippen LogP contribution in [0.4, 0.5) is 0 Å². The summed E-state index contributed by atoms with van der Waals surface area (Å²) in [5.74, 6) is 0.351. The first-order valence-corrected chi connectivity index (χ1v) is 21.3. The summed E-state index contributed by atoms with van der Waals surface area (Å²) in [5, 5.41) is 43.9. The molecule has 0 heterocycles. The third-order valence-electron chi connectivity index (χ3n) is 16.6. The van der Waals surface area contributed by atoms with Gasteiger partial charge >= 0.3 is 0 Å². The van der Waals surface area contributed by atoms with Gasteiger partial charge in [0, 0.05) is 12.4 Å². The minimum atomic E-state index is -0.998. The first-order chi connectivity index (χ1) is 25.8. The molecule has 4 aliphatic carbocycles. The summed E-state index contributed by atoms with van der Waals surface area (Å²) >= 11 is 0. The first kappa shape index (κ1) is 43.3. The Morgan fingerprint density at radius 3 is 1.93 bits per heavy atom. The molecule has 8 nitrogen and oxygen atoms in total. The van der Waals surface area contributed by atoms with Crippen molar-refractivity contribution in [2.45, 2.75) is 148 Å². The monoisotopic (exact) mass is 761 g/mol. The molecule has 4 aliphatic rings. The van der Waals surface area contributed by atoms with Crippen LogP contribution >= 0.6 is 0 Å². The fraction of sp³-hybridized carbons (Fsp3) is 0.702. The van der Waals surface area contributed by atoms with Gasteiger partial charge in [-0.15, -0.1) is 0 Å². The molecule has 0 bridgehead atoms. The first-order valence-electron chi connectivity index (χ1n) is 21.3. The second-order valence-corrected chi connectivity index (χ2v) is 19.4. The zero-order valence-electron chi connectivity index (χ0n) is 35.0. The number of hydrogen-bond acceptors (Lipinski definition) is 6. The lowest BCUT2D eigenvalue weighted by molar-refractivity contribution is -0.949. The van der Waals surface area contributed by atoms with Gasteiger partial charge in [0.05, 0.1) is 44.0 Å². The number of aliphatic hydroxyl groups excluding tert-OH is 3. The van der Waals surface area contributed by atoms with Gasteiger partial charge in [-0.2, -0.15) is 0 Å². The average Bonchev–Trinajstić information content (AvgIpc) is 3.51. The van der Waals surface area contributed by atoms with Gasteiger partial charge in [-0.25, -0.2) is 0 Å². The van der Waals surface area contributed by atoms with E-state index in [-0.39, 0.29) is 59.0 Å². The second-order valence-electron chi connectivity index (χ2n) is 19.4. The molecule has 2 aromatic carbocycles. The van der Waals surface area contributed by atoms with E-state index < -0.39 is 17.5 Å². The second kappa shape index (κ2) is 17.0. The maximum absolute atomic E-state index is 12.9. The smallest absolute Gasteiger partial charge is 0.232 e. The molecule has 0 aromatic heterocycles. The van der Waals surface area contributed by atoms with Crippen LogP contribution in [0.1, 0.15) is 124 Å². The molecule has 8 heteroatoms. The molecule has 0 saturated heterocycles. The van der Waals surface area contributed by atoms with E-state index in [4.69, 9.17) is 5.73 Å². The molecule has 11 unspecified atom stereocenters. The van der Waals surface area contributed by atoms with Crippen molar-refractivity contribution < 1.29 is 34.5 Å². The number of benzene rings is 2. The Morgan fingerprint density at radius 2 is 1.42 bits per heavy atom. The number of hydrogen-bond donors (Lipinski definition) is 4. The van der Waals surface area contributed by atoms with Crippen molar-refractivity contribution in [3.05, 3.63) is 71.8 Å². The summed E-state index contributed by atoms with van der Waals surface area (Å²) in [4.78, 5) is 23.9. The summed E-state index contributed by atoms with van der Waals surface area (Å²) in [6, 6.07) is 20.9. The number of aliphatic carboxylic acids is 1. The van der Waals surface area contributed by atoms with Gasteiger partial charge in [0.25, 0.3) is 0 Å². The Bertz CT molecular complexity index is 1530. The molecule has 6 rings (SSSR count). The van der Waals surface area contributed by atoms with Gasteiger partial charge in [-0.05, 0) is 143 Å². The van der Waals surface area contributed by atoms with Crippen LogP contribution in [-0.2, 0) is 15.0 Å². The van der Waals surface area contributed by atoms with E-state index in [9.17, 15) is 30.0 Å². The Morgan fingerprint density at radius 1 is 0.855 bits per heavy atom. The molecule has 0 spiro atoms. The van der Waals surface area contributed by atoms with Gasteiger partial charge in [-0.1, -0.05) is 81.4 Å². The minimum Gasteiger partial charge on any atom is -0.550 e. The third kappa shape index (κ3) is 8.04. The number of carbonyl (C=O) groups excluding carboxylic acids is 2. The van der Waals surface area contributed by atoms with E-state index >= 15 is 0 Å². The van der Waals surface area contributed by atoms with Crippen molar-refractivity contribution in [1.82, 2.24) is 0 Å². The highest BCUT2D eigenvalue weighted by Gasteiger charge is 2.65. The van der Waals surface area contributed by atoms with E-state index in [1.165, 1.54) is 0 Å². The maximum atomic E-state index is 12.9. The third-order valence-corrected chi connectivity index (χ3v) is 16.6. The average molecular weight is 761 g/mol. The van der Waals surface area contributed by atoms with Crippen molar-refractivity contribution in [1.29, 1.82) is 0 Å². The zero-order valence-corrected chi connectivity index (χ0v) is 35.0. The van der Waals surface area contributed by atoms with Crippen molar-refractivity contribution in [3.8, 4) is 0 Å². The van der Waals surface area contributed by atoms with E-state index in [1.54, 1.807) is 0 Å². The number of primary amides is 1. The SMILES string of the molecule is CC(C)[N+](C)(CCC(C(N)=O)(c1ccccc1)c1ccccc1)C(C)C.CC(CCC(=O)[O-])C1CCC2C3C(O)CC4CC(O)CCC4(C)C3CC(O)C12C. The van der Waals surface area contributed by atoms with Crippen LogP contribution in [0.3, 0.4) is 0 Å². The number of nitrogens with zero attached hydrogens (tertiary/aromatic N) is 1. The number of rotatable bonds is 12. The van der Waals surface area contributed by atoms with Crippen LogP contribution in [0.2, 0.25) is 0 Å². The van der Waals surface area contributed by atoms with E-state index in [0.717, 1.165) is 67.1 Å². The van der Waals surface area contributed by atoms with Crippen molar-refractivity contribution in [2.24, 2.45) is 52.1 Å².